The molecule has 0 aliphatic heterocycles. The van der Waals surface area contributed by atoms with E-state index in [9.17, 15) is 19.7 Å². The largest absolute Gasteiger partial charge is 0.467 e. The van der Waals surface area contributed by atoms with Crippen LogP contribution in [0.25, 0.3) is 0 Å². The number of hydrogen-bond donors (Lipinski definition) is 2. The van der Waals surface area contributed by atoms with E-state index in [1.54, 1.807) is 0 Å². The highest BCUT2D eigenvalue weighted by molar-refractivity contribution is 5.97. The van der Waals surface area contributed by atoms with Gasteiger partial charge in [0.15, 0.2) is 0 Å². The Morgan fingerprint density at radius 1 is 1.41 bits per heavy atom. The van der Waals surface area contributed by atoms with E-state index in [-0.39, 0.29) is 17.3 Å². The molecule has 1 fully saturated rings. The molecule has 0 spiro atoms. The summed E-state index contributed by atoms with van der Waals surface area (Å²) >= 11 is 0. The van der Waals surface area contributed by atoms with Crippen molar-refractivity contribution in [3.63, 3.8) is 0 Å². The molecule has 0 radical (unpaired) electrons. The Morgan fingerprint density at radius 3 is 2.64 bits per heavy atom. The number of esters is 1. The summed E-state index contributed by atoms with van der Waals surface area (Å²) < 4.78 is 4.51. The Kier molecular flexibility index (Phi) is 4.59. The molecule has 0 aromatic heterocycles. The van der Waals surface area contributed by atoms with Gasteiger partial charge in [-0.1, -0.05) is 0 Å². The average Bonchev–Trinajstić information content (AvgIpc) is 3.30. The first-order chi connectivity index (χ1) is 10.4. The van der Waals surface area contributed by atoms with Crippen molar-refractivity contribution in [1.29, 1.82) is 0 Å². The lowest BCUT2D eigenvalue weighted by molar-refractivity contribution is -0.384. The van der Waals surface area contributed by atoms with Gasteiger partial charge >= 0.3 is 5.97 Å². The third-order valence-electron chi connectivity index (χ3n) is 3.30. The zero-order valence-electron chi connectivity index (χ0n) is 12.3. The van der Waals surface area contributed by atoms with Crippen LogP contribution in [0, 0.1) is 10.1 Å². The molecule has 2 N–H and O–H groups in total. The first-order valence-electron chi connectivity index (χ1n) is 6.86. The Balaban J connectivity index is 2.16. The molecule has 1 aliphatic rings. The van der Waals surface area contributed by atoms with Crippen molar-refractivity contribution in [2.24, 2.45) is 0 Å². The van der Waals surface area contributed by atoms with Crippen molar-refractivity contribution >= 4 is 23.3 Å². The lowest BCUT2D eigenvalue weighted by Crippen LogP contribution is -2.39. The minimum Gasteiger partial charge on any atom is -0.467 e. The Labute approximate surface area is 127 Å². The van der Waals surface area contributed by atoms with Gasteiger partial charge in [-0.05, 0) is 31.9 Å². The molecule has 118 valence electrons. The van der Waals surface area contributed by atoms with Crippen LogP contribution in [-0.2, 0) is 9.53 Å². The lowest BCUT2D eigenvalue weighted by Gasteiger charge is -2.12. The quantitative estimate of drug-likeness (QED) is 0.467. The molecule has 1 amide bonds. The molecule has 0 bridgehead atoms. The topological polar surface area (TPSA) is 111 Å². The van der Waals surface area contributed by atoms with Gasteiger partial charge in [0, 0.05) is 17.7 Å². The second-order valence-corrected chi connectivity index (χ2v) is 5.13. The zero-order chi connectivity index (χ0) is 16.3. The average molecular weight is 307 g/mol. The number of benzene rings is 1. The van der Waals surface area contributed by atoms with Crippen molar-refractivity contribution in [3.8, 4) is 0 Å². The molecule has 8 heteroatoms. The van der Waals surface area contributed by atoms with Crippen LogP contribution >= 0.6 is 0 Å². The second kappa shape index (κ2) is 6.42. The van der Waals surface area contributed by atoms with E-state index in [0.717, 1.165) is 12.8 Å². The first-order valence-corrected chi connectivity index (χ1v) is 6.86. The summed E-state index contributed by atoms with van der Waals surface area (Å²) in [6.45, 7) is 1.47. The number of rotatable bonds is 6. The van der Waals surface area contributed by atoms with Gasteiger partial charge in [-0.15, -0.1) is 0 Å². The van der Waals surface area contributed by atoms with E-state index in [1.807, 2.05) is 0 Å². The van der Waals surface area contributed by atoms with E-state index < -0.39 is 22.8 Å². The summed E-state index contributed by atoms with van der Waals surface area (Å²) in [5.74, 6) is -1.16. The number of methoxy groups -OCH3 is 1. The summed E-state index contributed by atoms with van der Waals surface area (Å²) in [6.07, 6.45) is 1.96. The van der Waals surface area contributed by atoms with Crippen LogP contribution in [0.3, 0.4) is 0 Å². The molecule has 0 heterocycles. The van der Waals surface area contributed by atoms with Crippen LogP contribution in [0.4, 0.5) is 11.4 Å². The van der Waals surface area contributed by atoms with Crippen LogP contribution in [0.1, 0.15) is 30.1 Å². The van der Waals surface area contributed by atoms with Gasteiger partial charge in [0.05, 0.1) is 12.0 Å². The minimum absolute atomic E-state index is 0.115. The lowest BCUT2D eigenvalue weighted by atomic mass is 10.1. The smallest absolute Gasteiger partial charge is 0.328 e. The monoisotopic (exact) mass is 307 g/mol. The van der Waals surface area contributed by atoms with Crippen molar-refractivity contribution in [2.45, 2.75) is 31.8 Å². The molecular weight excluding hydrogens is 290 g/mol. The fraction of sp³-hybridized carbons (Fsp3) is 0.429. The van der Waals surface area contributed by atoms with Crippen molar-refractivity contribution in [2.75, 3.05) is 12.4 Å². The highest BCUT2D eigenvalue weighted by Gasteiger charge is 2.26. The van der Waals surface area contributed by atoms with Gasteiger partial charge in [-0.3, -0.25) is 14.9 Å². The van der Waals surface area contributed by atoms with E-state index in [2.05, 4.69) is 15.4 Å². The molecule has 2 rings (SSSR count). The standard InChI is InChI=1S/C14H17N3O5/c1-8(14(19)22-2)15-13(18)9-3-6-11(16-10-4-5-10)12(7-9)17(20)21/h3,6-8,10,16H,4-5H2,1-2H3,(H,15,18)/t8-/m1/s1. The van der Waals surface area contributed by atoms with Gasteiger partial charge in [-0.25, -0.2) is 4.79 Å². The SMILES string of the molecule is COC(=O)[C@@H](C)NC(=O)c1ccc(NC2CC2)c([N+](=O)[O-])c1. The molecule has 8 nitrogen and oxygen atoms in total. The fourth-order valence-corrected chi connectivity index (χ4v) is 1.91. The number of hydrogen-bond acceptors (Lipinski definition) is 6. The summed E-state index contributed by atoms with van der Waals surface area (Å²) in [7, 11) is 1.22. The number of carbonyl (C=O) groups is 2. The predicted molar refractivity (Wildman–Crippen MR) is 78.7 cm³/mol. The van der Waals surface area contributed by atoms with Gasteiger partial charge in [0.1, 0.15) is 11.7 Å². The maximum atomic E-state index is 12.0. The van der Waals surface area contributed by atoms with Gasteiger partial charge < -0.3 is 15.4 Å². The summed E-state index contributed by atoms with van der Waals surface area (Å²) in [5, 5.41) is 16.6. The normalized spacial score (nSPS) is 14.8. The second-order valence-electron chi connectivity index (χ2n) is 5.13. The maximum absolute atomic E-state index is 12.0. The van der Waals surface area contributed by atoms with Crippen LogP contribution in [0.5, 0.6) is 0 Å². The van der Waals surface area contributed by atoms with E-state index in [0.29, 0.717) is 5.69 Å². The van der Waals surface area contributed by atoms with E-state index >= 15 is 0 Å². The Morgan fingerprint density at radius 2 is 2.09 bits per heavy atom. The number of nitro benzene ring substituents is 1. The summed E-state index contributed by atoms with van der Waals surface area (Å²) in [5.41, 5.74) is 0.346. The van der Waals surface area contributed by atoms with E-state index in [4.69, 9.17) is 0 Å². The molecule has 1 aromatic carbocycles. The molecule has 1 aliphatic carbocycles. The number of carbonyl (C=O) groups excluding carboxylic acids is 2. The molecule has 0 unspecified atom stereocenters. The first kappa shape index (κ1) is 15.7. The molecule has 0 saturated heterocycles. The number of amides is 1. The summed E-state index contributed by atoms with van der Waals surface area (Å²) in [4.78, 5) is 33.9. The van der Waals surface area contributed by atoms with Gasteiger partial charge in [0.25, 0.3) is 11.6 Å². The molecular formula is C14H17N3O5. The summed E-state index contributed by atoms with van der Waals surface area (Å²) in [6, 6.07) is 3.62. The van der Waals surface area contributed by atoms with Crippen LogP contribution in [0.15, 0.2) is 18.2 Å². The number of anilines is 1. The number of nitrogens with zero attached hydrogens (tertiary/aromatic N) is 1. The number of ether oxygens (including phenoxy) is 1. The third-order valence-corrected chi connectivity index (χ3v) is 3.30. The number of nitro groups is 1. The molecule has 1 saturated carbocycles. The van der Waals surface area contributed by atoms with Crippen LogP contribution in [-0.4, -0.2) is 36.0 Å². The number of nitrogens with one attached hydrogen (secondary N) is 2. The van der Waals surface area contributed by atoms with Gasteiger partial charge in [0.2, 0.25) is 0 Å². The van der Waals surface area contributed by atoms with Crippen molar-refractivity contribution in [3.05, 3.63) is 33.9 Å². The highest BCUT2D eigenvalue weighted by atomic mass is 16.6. The van der Waals surface area contributed by atoms with Gasteiger partial charge in [-0.2, -0.15) is 0 Å². The molecule has 1 aromatic rings. The van der Waals surface area contributed by atoms with Crippen LogP contribution in [0.2, 0.25) is 0 Å². The molecule has 1 atom stereocenters. The third kappa shape index (κ3) is 3.72. The molecule has 22 heavy (non-hydrogen) atoms. The Bertz CT molecular complexity index is 612. The van der Waals surface area contributed by atoms with E-state index in [1.165, 1.54) is 32.2 Å². The minimum atomic E-state index is -0.833. The van der Waals surface area contributed by atoms with Crippen LogP contribution < -0.4 is 10.6 Å². The zero-order valence-corrected chi connectivity index (χ0v) is 12.3. The maximum Gasteiger partial charge on any atom is 0.328 e. The van der Waals surface area contributed by atoms with Crippen molar-refractivity contribution < 1.29 is 19.2 Å². The predicted octanol–water partition coefficient (Wildman–Crippen LogP) is 1.46. The van der Waals surface area contributed by atoms with Crippen molar-refractivity contribution in [1.82, 2.24) is 5.32 Å². The Hall–Kier alpha value is -2.64. The highest BCUT2D eigenvalue weighted by Crippen LogP contribution is 2.31. The fourth-order valence-electron chi connectivity index (χ4n) is 1.91.